The van der Waals surface area contributed by atoms with Crippen LogP contribution in [0.25, 0.3) is 0 Å². The second kappa shape index (κ2) is 8.84. The molecule has 0 spiro atoms. The Morgan fingerprint density at radius 3 is 2.76 bits per heavy atom. The van der Waals surface area contributed by atoms with Gasteiger partial charge >= 0.3 is 0 Å². The first kappa shape index (κ1) is 13.8. The van der Waals surface area contributed by atoms with Crippen LogP contribution in [0.3, 0.4) is 0 Å². The molecule has 2 N–H and O–H groups in total. The molecule has 0 saturated heterocycles. The molecule has 0 unspecified atom stereocenters. The number of aliphatic hydroxyl groups is 1. The predicted octanol–water partition coefficient (Wildman–Crippen LogP) is 1.44. The minimum absolute atomic E-state index is 0.195. The van der Waals surface area contributed by atoms with Gasteiger partial charge in [-0.1, -0.05) is 6.07 Å². The van der Waals surface area contributed by atoms with E-state index in [2.05, 4.69) is 5.32 Å². The highest BCUT2D eigenvalue weighted by molar-refractivity contribution is 5.32. The van der Waals surface area contributed by atoms with Gasteiger partial charge in [-0.2, -0.15) is 0 Å². The monoisotopic (exact) mass is 239 g/mol. The number of aliphatic hydroxyl groups excluding tert-OH is 1. The lowest BCUT2D eigenvalue weighted by Crippen LogP contribution is -2.19. The third kappa shape index (κ3) is 6.14. The zero-order valence-electron chi connectivity index (χ0n) is 10.3. The van der Waals surface area contributed by atoms with Crippen molar-refractivity contribution in [3.05, 3.63) is 24.3 Å². The number of hydrogen-bond donors (Lipinski definition) is 2. The maximum Gasteiger partial charge on any atom is 0.122 e. The van der Waals surface area contributed by atoms with Crippen molar-refractivity contribution in [1.29, 1.82) is 0 Å². The molecule has 0 heterocycles. The van der Waals surface area contributed by atoms with E-state index < -0.39 is 0 Å². The van der Waals surface area contributed by atoms with Gasteiger partial charge in [0, 0.05) is 12.6 Å². The van der Waals surface area contributed by atoms with E-state index >= 15 is 0 Å². The smallest absolute Gasteiger partial charge is 0.122 e. The zero-order valence-corrected chi connectivity index (χ0v) is 10.3. The summed E-state index contributed by atoms with van der Waals surface area (Å²) < 4.78 is 10.7. The Balaban J connectivity index is 2.09. The molecule has 4 heteroatoms. The highest BCUT2D eigenvalue weighted by Crippen LogP contribution is 2.18. The summed E-state index contributed by atoms with van der Waals surface area (Å²) in [6, 6.07) is 7.61. The van der Waals surface area contributed by atoms with Gasteiger partial charge in [-0.15, -0.1) is 0 Å². The van der Waals surface area contributed by atoms with E-state index in [4.69, 9.17) is 14.6 Å². The summed E-state index contributed by atoms with van der Waals surface area (Å²) in [5.74, 6) is 1.65. The van der Waals surface area contributed by atoms with E-state index in [1.807, 2.05) is 24.3 Å². The number of benzene rings is 1. The summed E-state index contributed by atoms with van der Waals surface area (Å²) in [6.45, 7) is 2.48. The Morgan fingerprint density at radius 1 is 1.18 bits per heavy atom. The van der Waals surface area contributed by atoms with Crippen LogP contribution in [-0.2, 0) is 0 Å². The Labute approximate surface area is 103 Å². The van der Waals surface area contributed by atoms with Crippen LogP contribution < -0.4 is 14.8 Å². The molecule has 17 heavy (non-hydrogen) atoms. The van der Waals surface area contributed by atoms with Crippen molar-refractivity contribution in [3.8, 4) is 11.5 Å². The number of rotatable bonds is 9. The first-order chi connectivity index (χ1) is 8.36. The average Bonchev–Trinajstić information content (AvgIpc) is 2.38. The molecule has 0 bridgehead atoms. The molecule has 0 saturated carbocycles. The van der Waals surface area contributed by atoms with Crippen LogP contribution in [0.2, 0.25) is 0 Å². The van der Waals surface area contributed by atoms with Crippen molar-refractivity contribution < 1.29 is 14.6 Å². The Hall–Kier alpha value is -1.26. The van der Waals surface area contributed by atoms with Crippen molar-refractivity contribution in [2.24, 2.45) is 0 Å². The molecular weight excluding hydrogens is 218 g/mol. The molecule has 1 aromatic rings. The van der Waals surface area contributed by atoms with Crippen LogP contribution in [0.1, 0.15) is 12.8 Å². The van der Waals surface area contributed by atoms with Crippen molar-refractivity contribution in [2.45, 2.75) is 12.8 Å². The van der Waals surface area contributed by atoms with Crippen LogP contribution in [0.5, 0.6) is 11.5 Å². The molecule has 1 rings (SSSR count). The van der Waals surface area contributed by atoms with Gasteiger partial charge in [-0.25, -0.2) is 0 Å². The standard InChI is InChI=1S/C13H21NO3/c1-16-12-5-4-6-13(11-12)17-10-3-2-7-14-8-9-15/h4-6,11,14-15H,2-3,7-10H2,1H3. The van der Waals surface area contributed by atoms with E-state index in [0.717, 1.165) is 30.9 Å². The Bertz CT molecular complexity index is 304. The quantitative estimate of drug-likeness (QED) is 0.640. The van der Waals surface area contributed by atoms with Gasteiger partial charge in [-0.3, -0.25) is 0 Å². The lowest BCUT2D eigenvalue weighted by Gasteiger charge is -2.07. The van der Waals surface area contributed by atoms with Crippen LogP contribution in [0.15, 0.2) is 24.3 Å². The summed E-state index contributed by atoms with van der Waals surface area (Å²) in [4.78, 5) is 0. The van der Waals surface area contributed by atoms with Crippen molar-refractivity contribution >= 4 is 0 Å². The van der Waals surface area contributed by atoms with Gasteiger partial charge in [0.15, 0.2) is 0 Å². The largest absolute Gasteiger partial charge is 0.497 e. The molecule has 0 aliphatic carbocycles. The van der Waals surface area contributed by atoms with Crippen molar-refractivity contribution in [3.63, 3.8) is 0 Å². The molecule has 4 nitrogen and oxygen atoms in total. The molecule has 0 aliphatic heterocycles. The fraction of sp³-hybridized carbons (Fsp3) is 0.538. The lowest BCUT2D eigenvalue weighted by molar-refractivity contribution is 0.286. The summed E-state index contributed by atoms with van der Waals surface area (Å²) in [6.07, 6.45) is 2.04. The molecular formula is C13H21NO3. The second-order valence-corrected chi connectivity index (χ2v) is 3.71. The van der Waals surface area contributed by atoms with E-state index in [9.17, 15) is 0 Å². The van der Waals surface area contributed by atoms with Gasteiger partial charge in [0.05, 0.1) is 20.3 Å². The van der Waals surface area contributed by atoms with Gasteiger partial charge < -0.3 is 19.9 Å². The minimum Gasteiger partial charge on any atom is -0.497 e. The summed E-state index contributed by atoms with van der Waals surface area (Å²) in [5, 5.41) is 11.7. The van der Waals surface area contributed by atoms with E-state index in [-0.39, 0.29) is 6.61 Å². The highest BCUT2D eigenvalue weighted by Gasteiger charge is 1.96. The third-order valence-electron chi connectivity index (χ3n) is 2.35. The molecule has 1 aromatic carbocycles. The summed E-state index contributed by atoms with van der Waals surface area (Å²) >= 11 is 0. The fourth-order valence-electron chi connectivity index (χ4n) is 1.44. The van der Waals surface area contributed by atoms with Gasteiger partial charge in [-0.05, 0) is 31.5 Å². The van der Waals surface area contributed by atoms with Gasteiger partial charge in [0.25, 0.3) is 0 Å². The van der Waals surface area contributed by atoms with Gasteiger partial charge in [0.1, 0.15) is 11.5 Å². The molecule has 0 fully saturated rings. The molecule has 0 atom stereocenters. The van der Waals surface area contributed by atoms with Crippen LogP contribution >= 0.6 is 0 Å². The number of unbranched alkanes of at least 4 members (excludes halogenated alkanes) is 1. The highest BCUT2D eigenvalue weighted by atomic mass is 16.5. The molecule has 96 valence electrons. The van der Waals surface area contributed by atoms with Crippen molar-refractivity contribution in [2.75, 3.05) is 33.4 Å². The first-order valence-corrected chi connectivity index (χ1v) is 5.95. The third-order valence-corrected chi connectivity index (χ3v) is 2.35. The van der Waals surface area contributed by atoms with Crippen molar-refractivity contribution in [1.82, 2.24) is 5.32 Å². The topological polar surface area (TPSA) is 50.7 Å². The van der Waals surface area contributed by atoms with E-state index in [1.54, 1.807) is 7.11 Å². The predicted molar refractivity (Wildman–Crippen MR) is 67.7 cm³/mol. The summed E-state index contributed by atoms with van der Waals surface area (Å²) in [5.41, 5.74) is 0. The summed E-state index contributed by atoms with van der Waals surface area (Å²) in [7, 11) is 1.64. The first-order valence-electron chi connectivity index (χ1n) is 5.95. The molecule has 0 aromatic heterocycles. The maximum atomic E-state index is 8.57. The van der Waals surface area contributed by atoms with Gasteiger partial charge in [0.2, 0.25) is 0 Å². The zero-order chi connectivity index (χ0) is 12.3. The minimum atomic E-state index is 0.195. The lowest BCUT2D eigenvalue weighted by atomic mass is 10.3. The van der Waals surface area contributed by atoms with Crippen LogP contribution in [0.4, 0.5) is 0 Å². The Kier molecular flexibility index (Phi) is 7.18. The van der Waals surface area contributed by atoms with Crippen LogP contribution in [-0.4, -0.2) is 38.5 Å². The molecule has 0 amide bonds. The van der Waals surface area contributed by atoms with E-state index in [0.29, 0.717) is 13.2 Å². The molecule has 0 radical (unpaired) electrons. The van der Waals surface area contributed by atoms with E-state index in [1.165, 1.54) is 0 Å². The number of hydrogen-bond acceptors (Lipinski definition) is 4. The van der Waals surface area contributed by atoms with Crippen LogP contribution in [0, 0.1) is 0 Å². The maximum absolute atomic E-state index is 8.57. The second-order valence-electron chi connectivity index (χ2n) is 3.71. The molecule has 0 aliphatic rings. The Morgan fingerprint density at radius 2 is 2.00 bits per heavy atom. The SMILES string of the molecule is COc1cccc(OCCCCNCCO)c1. The fourth-order valence-corrected chi connectivity index (χ4v) is 1.44. The number of nitrogens with one attached hydrogen (secondary N) is 1. The normalized spacial score (nSPS) is 10.2. The average molecular weight is 239 g/mol. The number of methoxy groups -OCH3 is 1. The number of ether oxygens (including phenoxy) is 2.